The van der Waals surface area contributed by atoms with E-state index in [1.165, 1.54) is 4.90 Å². The zero-order valence-electron chi connectivity index (χ0n) is 11.8. The van der Waals surface area contributed by atoms with E-state index in [-0.39, 0.29) is 12.3 Å². The van der Waals surface area contributed by atoms with Gasteiger partial charge in [0.2, 0.25) is 0 Å². The molecule has 6 nitrogen and oxygen atoms in total. The predicted octanol–water partition coefficient (Wildman–Crippen LogP) is 1.81. The van der Waals surface area contributed by atoms with Gasteiger partial charge in [0.25, 0.3) is 5.91 Å². The summed E-state index contributed by atoms with van der Waals surface area (Å²) in [7, 11) is 1.67. The molecule has 0 saturated carbocycles. The van der Waals surface area contributed by atoms with Crippen LogP contribution in [0.25, 0.3) is 5.69 Å². The molecule has 2 rings (SSSR count). The number of carbonyl (C=O) groups is 2. The van der Waals surface area contributed by atoms with Crippen molar-refractivity contribution in [3.63, 3.8) is 0 Å². The predicted molar refractivity (Wildman–Crippen MR) is 77.4 cm³/mol. The maximum Gasteiger partial charge on any atom is 0.303 e. The van der Waals surface area contributed by atoms with E-state index in [0.717, 1.165) is 5.69 Å². The van der Waals surface area contributed by atoms with Gasteiger partial charge in [-0.05, 0) is 30.7 Å². The molecule has 0 unspecified atom stereocenters. The van der Waals surface area contributed by atoms with Crippen LogP contribution in [0, 0.1) is 0 Å². The molecule has 0 saturated heterocycles. The molecule has 21 heavy (non-hydrogen) atoms. The maximum atomic E-state index is 12.2. The maximum absolute atomic E-state index is 12.2. The van der Waals surface area contributed by atoms with Crippen LogP contribution in [0.2, 0.25) is 0 Å². The molecule has 1 aromatic carbocycles. The van der Waals surface area contributed by atoms with Gasteiger partial charge in [-0.2, -0.15) is 0 Å². The molecule has 0 aliphatic heterocycles. The van der Waals surface area contributed by atoms with E-state index in [1.54, 1.807) is 31.7 Å². The minimum atomic E-state index is -0.847. The summed E-state index contributed by atoms with van der Waals surface area (Å²) < 4.78 is 1.85. The van der Waals surface area contributed by atoms with Crippen molar-refractivity contribution in [2.75, 3.05) is 13.6 Å². The Bertz CT molecular complexity index is 606. The number of carboxylic acid groups (broad SMARTS) is 1. The molecule has 1 amide bonds. The van der Waals surface area contributed by atoms with E-state index in [9.17, 15) is 9.59 Å². The summed E-state index contributed by atoms with van der Waals surface area (Å²) in [5, 5.41) is 8.59. The highest BCUT2D eigenvalue weighted by Gasteiger charge is 2.11. The largest absolute Gasteiger partial charge is 0.481 e. The lowest BCUT2D eigenvalue weighted by Crippen LogP contribution is -2.28. The molecule has 1 N–H and O–H groups in total. The Hall–Kier alpha value is -2.63. The highest BCUT2D eigenvalue weighted by molar-refractivity contribution is 5.94. The molecule has 0 aliphatic rings. The minimum Gasteiger partial charge on any atom is -0.481 e. The van der Waals surface area contributed by atoms with Crippen molar-refractivity contribution in [3.05, 3.63) is 48.5 Å². The number of rotatable bonds is 6. The number of nitrogens with zero attached hydrogens (tertiary/aromatic N) is 3. The highest BCUT2D eigenvalue weighted by Crippen LogP contribution is 2.11. The van der Waals surface area contributed by atoms with Gasteiger partial charge in [-0.1, -0.05) is 0 Å². The van der Waals surface area contributed by atoms with Crippen LogP contribution in [0.3, 0.4) is 0 Å². The van der Waals surface area contributed by atoms with Gasteiger partial charge in [-0.3, -0.25) is 9.59 Å². The fourth-order valence-electron chi connectivity index (χ4n) is 1.98. The average Bonchev–Trinajstić information content (AvgIpc) is 3.00. The first-order valence-electron chi connectivity index (χ1n) is 6.63. The monoisotopic (exact) mass is 287 g/mol. The molecule has 110 valence electrons. The fraction of sp³-hybridized carbons (Fsp3) is 0.267. The Balaban J connectivity index is 1.97. The summed E-state index contributed by atoms with van der Waals surface area (Å²) in [6, 6.07) is 7.21. The van der Waals surface area contributed by atoms with Gasteiger partial charge in [0.1, 0.15) is 0 Å². The second-order valence-electron chi connectivity index (χ2n) is 4.74. The van der Waals surface area contributed by atoms with Gasteiger partial charge in [0, 0.05) is 43.7 Å². The summed E-state index contributed by atoms with van der Waals surface area (Å²) >= 11 is 0. The molecule has 0 atom stereocenters. The minimum absolute atomic E-state index is 0.0667. The van der Waals surface area contributed by atoms with Crippen LogP contribution in [0.1, 0.15) is 23.2 Å². The lowest BCUT2D eigenvalue weighted by Gasteiger charge is -2.16. The third-order valence-corrected chi connectivity index (χ3v) is 3.15. The second kappa shape index (κ2) is 6.69. The number of carboxylic acids is 1. The molecule has 0 aliphatic carbocycles. The molecule has 6 heteroatoms. The third kappa shape index (κ3) is 3.92. The summed E-state index contributed by atoms with van der Waals surface area (Å²) in [4.78, 5) is 28.1. The number of amides is 1. The number of aliphatic carboxylic acids is 1. The first-order valence-corrected chi connectivity index (χ1v) is 6.63. The van der Waals surface area contributed by atoms with Crippen LogP contribution in [-0.4, -0.2) is 45.0 Å². The fourth-order valence-corrected chi connectivity index (χ4v) is 1.98. The van der Waals surface area contributed by atoms with Crippen LogP contribution in [0.15, 0.2) is 43.0 Å². The topological polar surface area (TPSA) is 75.4 Å². The van der Waals surface area contributed by atoms with E-state index < -0.39 is 5.97 Å². The van der Waals surface area contributed by atoms with E-state index in [1.807, 2.05) is 22.9 Å². The van der Waals surface area contributed by atoms with Crippen molar-refractivity contribution in [1.29, 1.82) is 0 Å². The average molecular weight is 287 g/mol. The van der Waals surface area contributed by atoms with Crippen molar-refractivity contribution in [3.8, 4) is 5.69 Å². The van der Waals surface area contributed by atoms with Crippen LogP contribution in [0.5, 0.6) is 0 Å². The zero-order chi connectivity index (χ0) is 15.2. The third-order valence-electron chi connectivity index (χ3n) is 3.15. The standard InChI is InChI=1S/C15H17N3O3/c1-17(9-2-3-14(19)20)15(21)12-4-6-13(7-5-12)18-10-8-16-11-18/h4-8,10-11H,2-3,9H2,1H3,(H,19,20). The lowest BCUT2D eigenvalue weighted by atomic mass is 10.1. The number of hydrogen-bond donors (Lipinski definition) is 1. The summed E-state index contributed by atoms with van der Waals surface area (Å²) in [6.45, 7) is 0.425. The molecule has 0 spiro atoms. The van der Waals surface area contributed by atoms with E-state index in [4.69, 9.17) is 5.11 Å². The van der Waals surface area contributed by atoms with Crippen LogP contribution >= 0.6 is 0 Å². The molecule has 0 radical (unpaired) electrons. The van der Waals surface area contributed by atoms with Gasteiger partial charge in [0.15, 0.2) is 0 Å². The Morgan fingerprint density at radius 2 is 2.00 bits per heavy atom. The van der Waals surface area contributed by atoms with Crippen LogP contribution < -0.4 is 0 Å². The Morgan fingerprint density at radius 3 is 2.57 bits per heavy atom. The van der Waals surface area contributed by atoms with Crippen molar-refractivity contribution < 1.29 is 14.7 Å². The van der Waals surface area contributed by atoms with E-state index in [0.29, 0.717) is 18.5 Å². The zero-order valence-corrected chi connectivity index (χ0v) is 11.8. The first-order chi connectivity index (χ1) is 10.1. The number of benzene rings is 1. The molecule has 1 aromatic heterocycles. The quantitative estimate of drug-likeness (QED) is 0.879. The second-order valence-corrected chi connectivity index (χ2v) is 4.74. The SMILES string of the molecule is CN(CCCC(=O)O)C(=O)c1ccc(-n2ccnc2)cc1. The number of carbonyl (C=O) groups excluding carboxylic acids is 1. The summed E-state index contributed by atoms with van der Waals surface area (Å²) in [5.74, 6) is -0.960. The van der Waals surface area contributed by atoms with Crippen molar-refractivity contribution in [1.82, 2.24) is 14.5 Å². The van der Waals surface area contributed by atoms with Crippen molar-refractivity contribution in [2.24, 2.45) is 0 Å². The summed E-state index contributed by atoms with van der Waals surface area (Å²) in [6.07, 6.45) is 5.72. The van der Waals surface area contributed by atoms with Gasteiger partial charge in [0.05, 0.1) is 6.33 Å². The number of aromatic nitrogens is 2. The van der Waals surface area contributed by atoms with Crippen molar-refractivity contribution >= 4 is 11.9 Å². The molecular weight excluding hydrogens is 270 g/mol. The number of hydrogen-bond acceptors (Lipinski definition) is 3. The molecular formula is C15H17N3O3. The lowest BCUT2D eigenvalue weighted by molar-refractivity contribution is -0.137. The van der Waals surface area contributed by atoms with E-state index >= 15 is 0 Å². The van der Waals surface area contributed by atoms with Crippen LogP contribution in [-0.2, 0) is 4.79 Å². The van der Waals surface area contributed by atoms with Gasteiger partial charge in [-0.15, -0.1) is 0 Å². The van der Waals surface area contributed by atoms with Gasteiger partial charge < -0.3 is 14.6 Å². The molecule has 2 aromatic rings. The van der Waals surface area contributed by atoms with Crippen molar-refractivity contribution in [2.45, 2.75) is 12.8 Å². The smallest absolute Gasteiger partial charge is 0.303 e. The highest BCUT2D eigenvalue weighted by atomic mass is 16.4. The van der Waals surface area contributed by atoms with Gasteiger partial charge in [-0.25, -0.2) is 4.98 Å². The number of imidazole rings is 1. The first kappa shape index (κ1) is 14.8. The normalized spacial score (nSPS) is 10.3. The Labute approximate surface area is 122 Å². The van der Waals surface area contributed by atoms with Gasteiger partial charge >= 0.3 is 5.97 Å². The Kier molecular flexibility index (Phi) is 4.71. The van der Waals surface area contributed by atoms with Crippen LogP contribution in [0.4, 0.5) is 0 Å². The molecule has 0 bridgehead atoms. The molecule has 0 fully saturated rings. The summed E-state index contributed by atoms with van der Waals surface area (Å²) in [5.41, 5.74) is 1.51. The molecule has 1 heterocycles. The van der Waals surface area contributed by atoms with E-state index in [2.05, 4.69) is 4.98 Å². The Morgan fingerprint density at radius 1 is 1.29 bits per heavy atom.